The average Bonchev–Trinajstić information content (AvgIpc) is 2.36. The number of aryl methyl sites for hydroxylation is 1. The smallest absolute Gasteiger partial charge is 0.237 e. The van der Waals surface area contributed by atoms with Crippen LogP contribution in [-0.2, 0) is 11.3 Å². The maximum Gasteiger partial charge on any atom is 0.237 e. The van der Waals surface area contributed by atoms with Gasteiger partial charge in [-0.25, -0.2) is 0 Å². The van der Waals surface area contributed by atoms with Crippen LogP contribution < -0.4 is 11.1 Å². The molecule has 1 amide bonds. The molecular weight excluding hydrogens is 238 g/mol. The first-order chi connectivity index (χ1) is 9.10. The molecule has 0 spiro atoms. The Morgan fingerprint density at radius 2 is 2.05 bits per heavy atom. The second kappa shape index (κ2) is 6.17. The van der Waals surface area contributed by atoms with Gasteiger partial charge in [0.2, 0.25) is 5.91 Å². The van der Waals surface area contributed by atoms with Crippen LogP contribution in [0.3, 0.4) is 0 Å². The lowest BCUT2D eigenvalue weighted by Crippen LogP contribution is -2.59. The summed E-state index contributed by atoms with van der Waals surface area (Å²) >= 11 is 0. The number of hydrogen-bond acceptors (Lipinski definition) is 3. The van der Waals surface area contributed by atoms with Crippen LogP contribution in [0.25, 0.3) is 0 Å². The van der Waals surface area contributed by atoms with Crippen molar-refractivity contribution in [1.29, 1.82) is 0 Å². The van der Waals surface area contributed by atoms with Crippen molar-refractivity contribution in [2.24, 2.45) is 5.73 Å². The maximum atomic E-state index is 12.0. The molecule has 3 N–H and O–H groups in total. The van der Waals surface area contributed by atoms with Gasteiger partial charge < -0.3 is 11.1 Å². The van der Waals surface area contributed by atoms with Gasteiger partial charge in [0.1, 0.15) is 0 Å². The number of amides is 1. The summed E-state index contributed by atoms with van der Waals surface area (Å²) in [5, 5.41) is 3.00. The number of nitrogens with two attached hydrogens (primary N) is 1. The number of nitrogens with one attached hydrogen (secondary N) is 1. The van der Waals surface area contributed by atoms with Crippen LogP contribution in [0.15, 0.2) is 24.3 Å². The molecule has 2 rings (SSSR count). The van der Waals surface area contributed by atoms with Gasteiger partial charge in [0.05, 0.1) is 6.04 Å². The minimum absolute atomic E-state index is 0.0949. The van der Waals surface area contributed by atoms with E-state index in [-0.39, 0.29) is 18.0 Å². The lowest BCUT2D eigenvalue weighted by Gasteiger charge is -2.38. The standard InChI is InChI=1S/C15H23N3O/c1-11-3-5-13(6-4-11)10-18-9-12(2)17-15(19)14(18)7-8-16/h3-6,12,14H,7-10,16H2,1-2H3,(H,17,19). The number of piperazine rings is 1. The maximum absolute atomic E-state index is 12.0. The highest BCUT2D eigenvalue weighted by Gasteiger charge is 2.31. The van der Waals surface area contributed by atoms with Crippen molar-refractivity contribution in [2.75, 3.05) is 13.1 Å². The summed E-state index contributed by atoms with van der Waals surface area (Å²) in [5.41, 5.74) is 8.13. The molecule has 1 aromatic carbocycles. The summed E-state index contributed by atoms with van der Waals surface area (Å²) in [6, 6.07) is 8.59. The second-order valence-corrected chi connectivity index (χ2v) is 5.42. The van der Waals surface area contributed by atoms with E-state index in [0.29, 0.717) is 13.0 Å². The van der Waals surface area contributed by atoms with Crippen molar-refractivity contribution in [3.05, 3.63) is 35.4 Å². The predicted octanol–water partition coefficient (Wildman–Crippen LogP) is 1.03. The first kappa shape index (κ1) is 14.0. The van der Waals surface area contributed by atoms with Gasteiger partial charge in [-0.1, -0.05) is 29.8 Å². The fraction of sp³-hybridized carbons (Fsp3) is 0.533. The molecule has 0 aromatic heterocycles. The molecule has 4 heteroatoms. The van der Waals surface area contributed by atoms with E-state index in [2.05, 4.69) is 41.4 Å². The third-order valence-corrected chi connectivity index (χ3v) is 3.59. The highest BCUT2D eigenvalue weighted by Crippen LogP contribution is 2.16. The Balaban J connectivity index is 2.10. The van der Waals surface area contributed by atoms with Crippen LogP contribution in [0.2, 0.25) is 0 Å². The topological polar surface area (TPSA) is 58.4 Å². The first-order valence-electron chi connectivity index (χ1n) is 6.90. The molecule has 0 bridgehead atoms. The molecule has 19 heavy (non-hydrogen) atoms. The van der Waals surface area contributed by atoms with Crippen molar-refractivity contribution in [3.63, 3.8) is 0 Å². The van der Waals surface area contributed by atoms with E-state index in [0.717, 1.165) is 13.1 Å². The van der Waals surface area contributed by atoms with Crippen molar-refractivity contribution < 1.29 is 4.79 Å². The lowest BCUT2D eigenvalue weighted by molar-refractivity contribution is -0.131. The van der Waals surface area contributed by atoms with Crippen LogP contribution in [0, 0.1) is 6.92 Å². The molecule has 0 saturated carbocycles. The van der Waals surface area contributed by atoms with E-state index < -0.39 is 0 Å². The summed E-state index contributed by atoms with van der Waals surface area (Å²) in [6.45, 7) is 6.35. The van der Waals surface area contributed by atoms with Crippen LogP contribution >= 0.6 is 0 Å². The van der Waals surface area contributed by atoms with Gasteiger partial charge in [-0.05, 0) is 32.4 Å². The van der Waals surface area contributed by atoms with Gasteiger partial charge in [0.25, 0.3) is 0 Å². The number of carbonyl (C=O) groups excluding carboxylic acids is 1. The summed E-state index contributed by atoms with van der Waals surface area (Å²) in [6.07, 6.45) is 0.713. The van der Waals surface area contributed by atoms with Crippen LogP contribution in [0.4, 0.5) is 0 Å². The Hall–Kier alpha value is -1.39. The van der Waals surface area contributed by atoms with Crippen molar-refractivity contribution in [2.45, 2.75) is 38.9 Å². The third-order valence-electron chi connectivity index (χ3n) is 3.59. The zero-order chi connectivity index (χ0) is 13.8. The molecule has 1 aliphatic heterocycles. The molecule has 0 aliphatic carbocycles. The molecule has 2 unspecified atom stereocenters. The number of nitrogens with zero attached hydrogens (tertiary/aromatic N) is 1. The quantitative estimate of drug-likeness (QED) is 0.851. The third kappa shape index (κ3) is 3.55. The van der Waals surface area contributed by atoms with E-state index in [1.807, 2.05) is 6.92 Å². The van der Waals surface area contributed by atoms with Crippen molar-refractivity contribution >= 4 is 5.91 Å². The first-order valence-corrected chi connectivity index (χ1v) is 6.90. The number of carbonyl (C=O) groups is 1. The second-order valence-electron chi connectivity index (χ2n) is 5.42. The van der Waals surface area contributed by atoms with Gasteiger partial charge in [0, 0.05) is 19.1 Å². The molecule has 0 radical (unpaired) electrons. The van der Waals surface area contributed by atoms with E-state index in [1.165, 1.54) is 11.1 Å². The summed E-state index contributed by atoms with van der Waals surface area (Å²) in [5.74, 6) is 0.108. The zero-order valence-corrected chi connectivity index (χ0v) is 11.7. The molecule has 104 valence electrons. The van der Waals surface area contributed by atoms with Crippen LogP contribution in [0.5, 0.6) is 0 Å². The number of benzene rings is 1. The Labute approximate surface area is 115 Å². The molecule has 1 heterocycles. The van der Waals surface area contributed by atoms with E-state index in [4.69, 9.17) is 5.73 Å². The van der Waals surface area contributed by atoms with Crippen LogP contribution in [-0.4, -0.2) is 36.0 Å². The van der Waals surface area contributed by atoms with Gasteiger partial charge in [0.15, 0.2) is 0 Å². The average molecular weight is 261 g/mol. The molecule has 4 nitrogen and oxygen atoms in total. The predicted molar refractivity (Wildman–Crippen MR) is 76.7 cm³/mol. The zero-order valence-electron chi connectivity index (χ0n) is 11.7. The highest BCUT2D eigenvalue weighted by atomic mass is 16.2. The van der Waals surface area contributed by atoms with Gasteiger partial charge in [-0.3, -0.25) is 9.69 Å². The molecule has 1 aromatic rings. The van der Waals surface area contributed by atoms with E-state index in [9.17, 15) is 4.79 Å². The Morgan fingerprint density at radius 3 is 2.68 bits per heavy atom. The number of rotatable bonds is 4. The van der Waals surface area contributed by atoms with Gasteiger partial charge in [-0.2, -0.15) is 0 Å². The van der Waals surface area contributed by atoms with E-state index >= 15 is 0 Å². The Morgan fingerprint density at radius 1 is 1.37 bits per heavy atom. The summed E-state index contributed by atoms with van der Waals surface area (Å²) in [7, 11) is 0. The summed E-state index contributed by atoms with van der Waals surface area (Å²) in [4.78, 5) is 14.3. The summed E-state index contributed by atoms with van der Waals surface area (Å²) < 4.78 is 0. The lowest BCUT2D eigenvalue weighted by atomic mass is 10.0. The van der Waals surface area contributed by atoms with Gasteiger partial charge in [-0.15, -0.1) is 0 Å². The molecule has 2 atom stereocenters. The SMILES string of the molecule is Cc1ccc(CN2CC(C)NC(=O)C2CCN)cc1. The minimum Gasteiger partial charge on any atom is -0.351 e. The molecule has 1 saturated heterocycles. The van der Waals surface area contributed by atoms with Crippen LogP contribution in [0.1, 0.15) is 24.5 Å². The monoisotopic (exact) mass is 261 g/mol. The molecular formula is C15H23N3O. The van der Waals surface area contributed by atoms with Gasteiger partial charge >= 0.3 is 0 Å². The van der Waals surface area contributed by atoms with E-state index in [1.54, 1.807) is 0 Å². The molecule has 1 fully saturated rings. The minimum atomic E-state index is -0.0949. The molecule has 1 aliphatic rings. The fourth-order valence-electron chi connectivity index (χ4n) is 2.60. The Kier molecular flexibility index (Phi) is 4.56. The van der Waals surface area contributed by atoms with Crippen molar-refractivity contribution in [1.82, 2.24) is 10.2 Å². The number of hydrogen-bond donors (Lipinski definition) is 2. The highest BCUT2D eigenvalue weighted by molar-refractivity contribution is 5.82. The largest absolute Gasteiger partial charge is 0.351 e. The Bertz CT molecular complexity index is 430. The van der Waals surface area contributed by atoms with Crippen molar-refractivity contribution in [3.8, 4) is 0 Å². The normalized spacial score (nSPS) is 24.3. The fourth-order valence-corrected chi connectivity index (χ4v) is 2.60.